The fourth-order valence-electron chi connectivity index (χ4n) is 2.93. The zero-order valence-corrected chi connectivity index (χ0v) is 16.4. The number of aliphatic imine (C=N–C) groups is 1. The zero-order chi connectivity index (χ0) is 20.3. The van der Waals surface area contributed by atoms with Crippen LogP contribution in [0.5, 0.6) is 5.88 Å². The Morgan fingerprint density at radius 1 is 1.43 bits per heavy atom. The number of hydrogen-bond donors (Lipinski definition) is 2. The number of hydrogen-bond acceptors (Lipinski definition) is 6. The second kappa shape index (κ2) is 8.20. The average Bonchev–Trinajstić information content (AvgIpc) is 2.65. The highest BCUT2D eigenvalue weighted by molar-refractivity contribution is 6.35. The van der Waals surface area contributed by atoms with E-state index in [0.29, 0.717) is 35.7 Å². The summed E-state index contributed by atoms with van der Waals surface area (Å²) in [5.74, 6) is -0.556. The molecule has 3 N–H and O–H groups in total. The van der Waals surface area contributed by atoms with Crippen LogP contribution in [0.1, 0.15) is 25.3 Å². The van der Waals surface area contributed by atoms with Gasteiger partial charge in [-0.25, -0.2) is 19.2 Å². The van der Waals surface area contributed by atoms with Crippen LogP contribution in [-0.2, 0) is 10.3 Å². The number of aromatic nitrogens is 1. The van der Waals surface area contributed by atoms with Gasteiger partial charge in [-0.3, -0.25) is 5.32 Å². The molecule has 1 aromatic heterocycles. The first-order chi connectivity index (χ1) is 13.3. The van der Waals surface area contributed by atoms with Crippen LogP contribution in [0.4, 0.5) is 14.9 Å². The minimum Gasteiger partial charge on any atom is -0.465 e. The largest absolute Gasteiger partial charge is 0.465 e. The smallest absolute Gasteiger partial charge is 0.418 e. The summed E-state index contributed by atoms with van der Waals surface area (Å²) < 4.78 is 24.8. The second-order valence-electron chi connectivity index (χ2n) is 6.08. The quantitative estimate of drug-likeness (QED) is 0.750. The molecule has 2 heterocycles. The third-order valence-electron chi connectivity index (χ3n) is 4.35. The van der Waals surface area contributed by atoms with Crippen LogP contribution in [0, 0.1) is 5.82 Å². The summed E-state index contributed by atoms with van der Waals surface area (Å²) >= 11 is 11.7. The van der Waals surface area contributed by atoms with E-state index in [9.17, 15) is 9.18 Å². The number of carbonyl (C=O) groups excluding carboxylic acids is 1. The van der Waals surface area contributed by atoms with Crippen molar-refractivity contribution in [3.05, 3.63) is 51.9 Å². The van der Waals surface area contributed by atoms with E-state index in [4.69, 9.17) is 38.4 Å². The van der Waals surface area contributed by atoms with E-state index in [1.807, 2.05) is 6.92 Å². The fourth-order valence-corrected chi connectivity index (χ4v) is 3.35. The monoisotopic (exact) mass is 426 g/mol. The Kier molecular flexibility index (Phi) is 5.90. The maximum atomic E-state index is 14.6. The van der Waals surface area contributed by atoms with E-state index in [1.165, 1.54) is 30.5 Å². The molecule has 1 aromatic carbocycles. The average molecular weight is 427 g/mol. The lowest BCUT2D eigenvalue weighted by molar-refractivity contribution is 0.201. The Bertz CT molecular complexity index is 941. The topological polar surface area (TPSA) is 98.8 Å². The van der Waals surface area contributed by atoms with Crippen LogP contribution < -0.4 is 15.8 Å². The van der Waals surface area contributed by atoms with Crippen LogP contribution in [-0.4, -0.2) is 23.7 Å². The number of rotatable bonds is 4. The predicted octanol–water partition coefficient (Wildman–Crippen LogP) is 4.48. The Morgan fingerprint density at radius 3 is 2.89 bits per heavy atom. The summed E-state index contributed by atoms with van der Waals surface area (Å²) in [6, 6.07) is 5.56. The highest BCUT2D eigenvalue weighted by atomic mass is 35.5. The number of amidine groups is 1. The molecular formula is C18H17Cl2FN4O3. The SMILES string of the molecule is CC[C@@]1(c2cc(NC(=O)Oc3ncc(Cl)cc3Cl)ccc2F)CCOC(N)=N1. The van der Waals surface area contributed by atoms with Gasteiger partial charge in [-0.05, 0) is 30.7 Å². The number of anilines is 1. The number of halogens is 3. The van der Waals surface area contributed by atoms with Crippen molar-refractivity contribution in [3.63, 3.8) is 0 Å². The number of amides is 1. The third kappa shape index (κ3) is 4.28. The summed E-state index contributed by atoms with van der Waals surface area (Å²) in [6.45, 7) is 2.20. The molecule has 0 bridgehead atoms. The van der Waals surface area contributed by atoms with Gasteiger partial charge in [0.1, 0.15) is 10.8 Å². The Hall–Kier alpha value is -2.58. The third-order valence-corrected chi connectivity index (χ3v) is 4.83. The summed E-state index contributed by atoms with van der Waals surface area (Å²) in [5.41, 5.74) is 5.45. The van der Waals surface area contributed by atoms with Crippen molar-refractivity contribution in [1.82, 2.24) is 4.98 Å². The maximum Gasteiger partial charge on any atom is 0.418 e. The van der Waals surface area contributed by atoms with Crippen molar-refractivity contribution in [2.45, 2.75) is 25.3 Å². The summed E-state index contributed by atoms with van der Waals surface area (Å²) in [4.78, 5) is 20.3. The molecular weight excluding hydrogens is 410 g/mol. The van der Waals surface area contributed by atoms with Crippen LogP contribution >= 0.6 is 23.2 Å². The first kappa shape index (κ1) is 20.2. The zero-order valence-electron chi connectivity index (χ0n) is 14.8. The van der Waals surface area contributed by atoms with E-state index in [2.05, 4.69) is 15.3 Å². The van der Waals surface area contributed by atoms with Crippen LogP contribution in [0.25, 0.3) is 0 Å². The molecule has 0 aliphatic carbocycles. The normalized spacial score (nSPS) is 18.8. The molecule has 0 saturated heterocycles. The molecule has 0 unspecified atom stereocenters. The summed E-state index contributed by atoms with van der Waals surface area (Å²) in [6.07, 6.45) is 1.42. The van der Waals surface area contributed by atoms with Gasteiger partial charge in [-0.2, -0.15) is 0 Å². The fraction of sp³-hybridized carbons (Fsp3) is 0.278. The minimum absolute atomic E-state index is 0.00808. The number of nitrogens with two attached hydrogens (primary N) is 1. The van der Waals surface area contributed by atoms with E-state index < -0.39 is 17.4 Å². The first-order valence-electron chi connectivity index (χ1n) is 8.41. The Balaban J connectivity index is 1.83. The van der Waals surface area contributed by atoms with Crippen LogP contribution in [0.15, 0.2) is 35.5 Å². The molecule has 148 valence electrons. The number of benzene rings is 1. The number of nitrogens with one attached hydrogen (secondary N) is 1. The van der Waals surface area contributed by atoms with Crippen molar-refractivity contribution in [1.29, 1.82) is 0 Å². The number of nitrogens with zero attached hydrogens (tertiary/aromatic N) is 2. The van der Waals surface area contributed by atoms with Crippen molar-refractivity contribution in [2.24, 2.45) is 10.7 Å². The number of carbonyl (C=O) groups is 1. The van der Waals surface area contributed by atoms with Crippen molar-refractivity contribution < 1.29 is 18.7 Å². The lowest BCUT2D eigenvalue weighted by Gasteiger charge is -2.33. The maximum absolute atomic E-state index is 14.6. The van der Waals surface area contributed by atoms with Gasteiger partial charge in [0.2, 0.25) is 5.88 Å². The Morgan fingerprint density at radius 2 is 2.21 bits per heavy atom. The molecule has 0 saturated carbocycles. The van der Waals surface area contributed by atoms with Crippen LogP contribution in [0.2, 0.25) is 10.0 Å². The lowest BCUT2D eigenvalue weighted by atomic mass is 9.84. The van der Waals surface area contributed by atoms with Gasteiger partial charge in [0.15, 0.2) is 0 Å². The molecule has 1 aliphatic rings. The molecule has 1 aliphatic heterocycles. The van der Waals surface area contributed by atoms with Gasteiger partial charge in [-0.1, -0.05) is 30.1 Å². The summed E-state index contributed by atoms with van der Waals surface area (Å²) in [7, 11) is 0. The molecule has 3 rings (SSSR count). The van der Waals surface area contributed by atoms with Gasteiger partial charge in [0.25, 0.3) is 6.02 Å². The van der Waals surface area contributed by atoms with Gasteiger partial charge in [-0.15, -0.1) is 0 Å². The minimum atomic E-state index is -0.866. The first-order valence-corrected chi connectivity index (χ1v) is 9.16. The van der Waals surface area contributed by atoms with Crippen molar-refractivity contribution in [3.8, 4) is 5.88 Å². The van der Waals surface area contributed by atoms with E-state index >= 15 is 0 Å². The van der Waals surface area contributed by atoms with E-state index in [-0.39, 0.29) is 16.9 Å². The molecule has 28 heavy (non-hydrogen) atoms. The second-order valence-corrected chi connectivity index (χ2v) is 6.93. The van der Waals surface area contributed by atoms with Crippen molar-refractivity contribution in [2.75, 3.05) is 11.9 Å². The van der Waals surface area contributed by atoms with E-state index in [0.717, 1.165) is 0 Å². The standard InChI is InChI=1S/C18H17Cl2FN4O3/c1-2-18(5-6-27-16(22)25-18)12-8-11(3-4-14(12)21)24-17(26)28-15-13(20)7-10(19)9-23-15/h3-4,7-9H,2,5-6H2,1H3,(H2,22,25)(H,24,26)/t18-/m0/s1. The highest BCUT2D eigenvalue weighted by Gasteiger charge is 2.36. The molecule has 1 amide bonds. The van der Waals surface area contributed by atoms with Gasteiger partial charge >= 0.3 is 6.09 Å². The van der Waals surface area contributed by atoms with E-state index in [1.54, 1.807) is 0 Å². The molecule has 1 atom stereocenters. The van der Waals surface area contributed by atoms with Crippen LogP contribution in [0.3, 0.4) is 0 Å². The lowest BCUT2D eigenvalue weighted by Crippen LogP contribution is -2.36. The van der Waals surface area contributed by atoms with Gasteiger partial charge in [0.05, 0.1) is 17.2 Å². The molecule has 2 aromatic rings. The predicted molar refractivity (Wildman–Crippen MR) is 104 cm³/mol. The molecule has 0 fully saturated rings. The number of pyridine rings is 1. The van der Waals surface area contributed by atoms with Gasteiger partial charge in [0, 0.05) is 23.9 Å². The molecule has 7 nitrogen and oxygen atoms in total. The molecule has 0 spiro atoms. The van der Waals surface area contributed by atoms with Crippen molar-refractivity contribution >= 4 is 41.0 Å². The van der Waals surface area contributed by atoms with Gasteiger partial charge < -0.3 is 15.2 Å². The molecule has 0 radical (unpaired) electrons. The Labute approximate surface area is 170 Å². The number of ether oxygens (including phenoxy) is 2. The summed E-state index contributed by atoms with van der Waals surface area (Å²) in [5, 5.41) is 2.91. The molecule has 10 heteroatoms. The highest BCUT2D eigenvalue weighted by Crippen LogP contribution is 2.38.